The highest BCUT2D eigenvalue weighted by Gasteiger charge is 2.33. The zero-order valence-electron chi connectivity index (χ0n) is 14.2. The first-order chi connectivity index (χ1) is 11.8. The van der Waals surface area contributed by atoms with Crippen LogP contribution in [0.3, 0.4) is 0 Å². The van der Waals surface area contributed by atoms with Gasteiger partial charge in [0.1, 0.15) is 0 Å². The third kappa shape index (κ3) is 3.97. The van der Waals surface area contributed by atoms with E-state index in [9.17, 15) is 4.79 Å². The maximum absolute atomic E-state index is 12.8. The van der Waals surface area contributed by atoms with Gasteiger partial charge in [0, 0.05) is 5.02 Å². The van der Waals surface area contributed by atoms with Crippen LogP contribution in [0.15, 0.2) is 53.4 Å². The van der Waals surface area contributed by atoms with Gasteiger partial charge in [-0.15, -0.1) is 0 Å². The molecule has 0 aliphatic carbocycles. The van der Waals surface area contributed by atoms with E-state index >= 15 is 0 Å². The van der Waals surface area contributed by atoms with Crippen molar-refractivity contribution in [3.05, 3.63) is 69.6 Å². The Morgan fingerprint density at radius 2 is 1.80 bits per heavy atom. The molecule has 3 rings (SSSR count). The van der Waals surface area contributed by atoms with Crippen LogP contribution in [0.5, 0.6) is 0 Å². The Labute approximate surface area is 162 Å². The van der Waals surface area contributed by atoms with E-state index in [1.807, 2.05) is 30.3 Å². The maximum Gasteiger partial charge on any atom is 0.270 e. The molecule has 1 aliphatic rings. The van der Waals surface area contributed by atoms with E-state index in [0.717, 1.165) is 5.56 Å². The Balaban J connectivity index is 1.88. The molecule has 0 saturated carbocycles. The molecular formula is C20H18ClNOS2. The summed E-state index contributed by atoms with van der Waals surface area (Å²) in [6, 6.07) is 15.4. The van der Waals surface area contributed by atoms with Gasteiger partial charge in [0.15, 0.2) is 4.32 Å². The summed E-state index contributed by atoms with van der Waals surface area (Å²) < 4.78 is 0.518. The van der Waals surface area contributed by atoms with Crippen molar-refractivity contribution in [2.75, 3.05) is 4.90 Å². The molecule has 0 unspecified atom stereocenters. The fourth-order valence-corrected chi connectivity index (χ4v) is 4.02. The molecule has 2 aromatic carbocycles. The number of anilines is 1. The number of thioether (sulfide) groups is 1. The van der Waals surface area contributed by atoms with Crippen molar-refractivity contribution in [1.29, 1.82) is 0 Å². The van der Waals surface area contributed by atoms with Crippen LogP contribution in [-0.2, 0) is 10.2 Å². The molecule has 25 heavy (non-hydrogen) atoms. The van der Waals surface area contributed by atoms with E-state index in [-0.39, 0.29) is 11.3 Å². The fraction of sp³-hybridized carbons (Fsp3) is 0.200. The monoisotopic (exact) mass is 387 g/mol. The molecular weight excluding hydrogens is 370 g/mol. The molecule has 2 nitrogen and oxygen atoms in total. The number of carbonyl (C=O) groups excluding carboxylic acids is 1. The number of rotatable bonds is 2. The predicted octanol–water partition coefficient (Wildman–Crippen LogP) is 6.04. The number of thiocarbonyl (C=S) groups is 1. The maximum atomic E-state index is 12.8. The van der Waals surface area contributed by atoms with Crippen molar-refractivity contribution in [2.24, 2.45) is 0 Å². The molecule has 1 saturated heterocycles. The lowest BCUT2D eigenvalue weighted by atomic mass is 9.87. The first kappa shape index (κ1) is 18.2. The molecule has 1 fully saturated rings. The number of hydrogen-bond donors (Lipinski definition) is 0. The molecule has 5 heteroatoms. The fourth-order valence-electron chi connectivity index (χ4n) is 2.54. The third-order valence-electron chi connectivity index (χ3n) is 3.93. The van der Waals surface area contributed by atoms with Gasteiger partial charge in [0.25, 0.3) is 5.91 Å². The van der Waals surface area contributed by atoms with Crippen LogP contribution in [0.4, 0.5) is 5.69 Å². The Morgan fingerprint density at radius 1 is 1.12 bits per heavy atom. The molecule has 0 radical (unpaired) electrons. The van der Waals surface area contributed by atoms with Crippen molar-refractivity contribution < 1.29 is 4.79 Å². The number of amides is 1. The van der Waals surface area contributed by atoms with Crippen molar-refractivity contribution in [3.8, 4) is 0 Å². The van der Waals surface area contributed by atoms with Crippen LogP contribution in [0.2, 0.25) is 5.02 Å². The van der Waals surface area contributed by atoms with E-state index in [2.05, 4.69) is 32.9 Å². The number of nitrogens with zero attached hydrogens (tertiary/aromatic N) is 1. The molecule has 2 aromatic rings. The van der Waals surface area contributed by atoms with Crippen LogP contribution in [-0.4, -0.2) is 10.2 Å². The van der Waals surface area contributed by atoms with Gasteiger partial charge in [-0.1, -0.05) is 86.7 Å². The summed E-state index contributed by atoms with van der Waals surface area (Å²) in [6.45, 7) is 6.54. The van der Waals surface area contributed by atoms with E-state index < -0.39 is 0 Å². The molecule has 0 N–H and O–H groups in total. The van der Waals surface area contributed by atoms with Crippen molar-refractivity contribution in [1.82, 2.24) is 0 Å². The molecule has 0 spiro atoms. The smallest absolute Gasteiger partial charge is 0.268 e. The minimum atomic E-state index is -0.114. The molecule has 128 valence electrons. The summed E-state index contributed by atoms with van der Waals surface area (Å²) in [5.41, 5.74) is 3.05. The average molecular weight is 388 g/mol. The minimum absolute atomic E-state index is 0.106. The van der Waals surface area contributed by atoms with E-state index in [1.54, 1.807) is 12.1 Å². The summed E-state index contributed by atoms with van der Waals surface area (Å²) in [5, 5.41) is 0.577. The third-order valence-corrected chi connectivity index (χ3v) is 5.47. The highest BCUT2D eigenvalue weighted by Crippen LogP contribution is 2.36. The second kappa shape index (κ2) is 6.94. The van der Waals surface area contributed by atoms with Gasteiger partial charge in [0.05, 0.1) is 10.6 Å². The number of carbonyl (C=O) groups is 1. The standard InChI is InChI=1S/C20H18ClNOS2/c1-20(2,3)14-9-7-13(8-10-14)11-17-18(23)22(19(24)25-17)16-6-4-5-15(21)12-16/h4-12H,1-3H3/b17-11+. The predicted molar refractivity (Wildman–Crippen MR) is 112 cm³/mol. The summed E-state index contributed by atoms with van der Waals surface area (Å²) in [5.74, 6) is -0.114. The Morgan fingerprint density at radius 3 is 2.40 bits per heavy atom. The van der Waals surface area contributed by atoms with Gasteiger partial charge in [-0.3, -0.25) is 9.69 Å². The van der Waals surface area contributed by atoms with Crippen LogP contribution < -0.4 is 4.90 Å². The second-order valence-electron chi connectivity index (χ2n) is 6.87. The van der Waals surface area contributed by atoms with Gasteiger partial charge < -0.3 is 0 Å². The second-order valence-corrected chi connectivity index (χ2v) is 8.98. The lowest BCUT2D eigenvalue weighted by Crippen LogP contribution is -2.27. The molecule has 0 aromatic heterocycles. The van der Waals surface area contributed by atoms with Gasteiger partial charge in [0.2, 0.25) is 0 Å². The van der Waals surface area contributed by atoms with Crippen LogP contribution in [0, 0.1) is 0 Å². The lowest BCUT2D eigenvalue weighted by molar-refractivity contribution is -0.113. The largest absolute Gasteiger partial charge is 0.270 e. The highest BCUT2D eigenvalue weighted by atomic mass is 35.5. The molecule has 0 atom stereocenters. The normalized spacial score (nSPS) is 16.8. The van der Waals surface area contributed by atoms with Gasteiger partial charge in [-0.25, -0.2) is 0 Å². The van der Waals surface area contributed by atoms with Crippen LogP contribution >= 0.6 is 35.6 Å². The van der Waals surface area contributed by atoms with Gasteiger partial charge >= 0.3 is 0 Å². The zero-order chi connectivity index (χ0) is 18.2. The van der Waals surface area contributed by atoms with Crippen LogP contribution in [0.1, 0.15) is 31.9 Å². The highest BCUT2D eigenvalue weighted by molar-refractivity contribution is 8.27. The van der Waals surface area contributed by atoms with E-state index in [1.165, 1.54) is 22.2 Å². The minimum Gasteiger partial charge on any atom is -0.268 e. The first-order valence-electron chi connectivity index (χ1n) is 7.90. The molecule has 0 bridgehead atoms. The summed E-state index contributed by atoms with van der Waals surface area (Å²) >= 11 is 12.7. The Kier molecular flexibility index (Phi) is 5.05. The van der Waals surface area contributed by atoms with Crippen molar-refractivity contribution in [3.63, 3.8) is 0 Å². The molecule has 1 heterocycles. The van der Waals surface area contributed by atoms with Crippen LogP contribution in [0.25, 0.3) is 6.08 Å². The Bertz CT molecular complexity index is 866. The lowest BCUT2D eigenvalue weighted by Gasteiger charge is -2.18. The Hall–Kier alpha value is -1.62. The van der Waals surface area contributed by atoms with Crippen molar-refractivity contribution in [2.45, 2.75) is 26.2 Å². The summed E-state index contributed by atoms with van der Waals surface area (Å²) in [6.07, 6.45) is 1.89. The van der Waals surface area contributed by atoms with Gasteiger partial charge in [-0.05, 0) is 40.8 Å². The first-order valence-corrected chi connectivity index (χ1v) is 9.50. The quantitative estimate of drug-likeness (QED) is 0.462. The topological polar surface area (TPSA) is 20.3 Å². The summed E-state index contributed by atoms with van der Waals surface area (Å²) in [4.78, 5) is 14.9. The van der Waals surface area contributed by atoms with Gasteiger partial charge in [-0.2, -0.15) is 0 Å². The van der Waals surface area contributed by atoms with E-state index in [4.69, 9.17) is 23.8 Å². The average Bonchev–Trinajstić information content (AvgIpc) is 2.81. The molecule has 1 amide bonds. The number of hydrogen-bond acceptors (Lipinski definition) is 3. The zero-order valence-corrected chi connectivity index (χ0v) is 16.6. The SMILES string of the molecule is CC(C)(C)c1ccc(/C=C2/SC(=S)N(c3cccc(Cl)c3)C2=O)cc1. The number of benzene rings is 2. The van der Waals surface area contributed by atoms with E-state index in [0.29, 0.717) is 19.9 Å². The number of halogens is 1. The van der Waals surface area contributed by atoms with Crippen molar-refractivity contribution >= 4 is 57.6 Å². The molecule has 1 aliphatic heterocycles. The summed E-state index contributed by atoms with van der Waals surface area (Å²) in [7, 11) is 0.